The number of carboxylic acid groups (broad SMARTS) is 1. The number of hydrogen-bond acceptors (Lipinski definition) is 7. The van der Waals surface area contributed by atoms with Gasteiger partial charge in [-0.1, -0.05) is 23.7 Å². The fourth-order valence-electron chi connectivity index (χ4n) is 3.20. The first-order valence-corrected chi connectivity index (χ1v) is 11.6. The molecule has 0 fully saturated rings. The molecule has 0 aliphatic rings. The number of rotatable bonds is 13. The van der Waals surface area contributed by atoms with Crippen molar-refractivity contribution in [2.24, 2.45) is 11.5 Å². The monoisotopic (exact) mass is 557 g/mol. The molecule has 0 spiro atoms. The minimum absolute atomic E-state index is 0.0112. The highest BCUT2D eigenvalue weighted by molar-refractivity contribution is 6.30. The van der Waals surface area contributed by atoms with E-state index in [1.54, 1.807) is 0 Å². The number of ether oxygens (including phenoxy) is 1. The molecular weight excluding hydrogens is 531 g/mol. The highest BCUT2D eigenvalue weighted by Crippen LogP contribution is 2.29. The largest absolute Gasteiger partial charge is 0.480 e. The number of carboxylic acids is 1. The third-order valence-corrected chi connectivity index (χ3v) is 5.52. The van der Waals surface area contributed by atoms with Crippen molar-refractivity contribution >= 4 is 35.2 Å². The molecule has 2 unspecified atom stereocenters. The molecule has 0 aromatic heterocycles. The molecule has 0 saturated heterocycles. The highest BCUT2D eigenvalue weighted by atomic mass is 35.5. The van der Waals surface area contributed by atoms with E-state index in [1.165, 1.54) is 36.4 Å². The first-order valence-electron chi connectivity index (χ1n) is 11.2. The molecule has 0 aliphatic heterocycles. The molecule has 206 valence electrons. The summed E-state index contributed by atoms with van der Waals surface area (Å²) in [5.74, 6) is -3.20. The second-order valence-electron chi connectivity index (χ2n) is 8.19. The number of carbonyl (C=O) groups excluding carboxylic acids is 2. The lowest BCUT2D eigenvalue weighted by molar-refractivity contribution is -0.139. The number of guanidine groups is 1. The summed E-state index contributed by atoms with van der Waals surface area (Å²) in [6, 6.07) is 9.12. The Hall–Kier alpha value is -3.68. The van der Waals surface area contributed by atoms with Crippen LogP contribution in [0.1, 0.15) is 30.4 Å². The number of nitrogens with one attached hydrogen (secondary N) is 2. The van der Waals surface area contributed by atoms with Crippen LogP contribution in [0.2, 0.25) is 5.02 Å². The lowest BCUT2D eigenvalue weighted by Crippen LogP contribution is -2.47. The fraction of sp³-hybridized carbons (Fsp3) is 0.333. The van der Waals surface area contributed by atoms with E-state index in [9.17, 15) is 27.6 Å². The molecule has 10 nitrogen and oxygen atoms in total. The average molecular weight is 558 g/mol. The molecule has 2 aromatic rings. The van der Waals surface area contributed by atoms with Gasteiger partial charge in [-0.05, 0) is 54.8 Å². The summed E-state index contributed by atoms with van der Waals surface area (Å²) in [6.07, 6.45) is -6.50. The van der Waals surface area contributed by atoms with Crippen LogP contribution in [0, 0.1) is 5.41 Å². The van der Waals surface area contributed by atoms with Crippen LogP contribution in [-0.2, 0) is 27.1 Å². The third kappa shape index (κ3) is 9.65. The SMILES string of the molecule is N=C(N)N(CCCC(N)C(=O)O)C(=O)CC(=O)C(NCc1ccc(C(F)(F)F)cc1)Oc1ccc(Cl)cc1. The molecule has 0 bridgehead atoms. The molecular formula is C24H27ClF3N5O5. The normalized spacial score (nSPS) is 12.9. The van der Waals surface area contributed by atoms with Crippen molar-refractivity contribution in [3.05, 3.63) is 64.7 Å². The van der Waals surface area contributed by atoms with Gasteiger partial charge in [-0.25, -0.2) is 0 Å². The van der Waals surface area contributed by atoms with Crippen molar-refractivity contribution in [1.29, 1.82) is 5.41 Å². The smallest absolute Gasteiger partial charge is 0.416 e. The summed E-state index contributed by atoms with van der Waals surface area (Å²) in [6.45, 7) is -0.204. The molecule has 38 heavy (non-hydrogen) atoms. The number of ketones is 1. The summed E-state index contributed by atoms with van der Waals surface area (Å²) < 4.78 is 44.1. The number of Topliss-reactive ketones (excluding diaryl/α,β-unsaturated/α-hetero) is 1. The minimum Gasteiger partial charge on any atom is -0.480 e. The van der Waals surface area contributed by atoms with Crippen LogP contribution >= 0.6 is 11.6 Å². The van der Waals surface area contributed by atoms with Crippen molar-refractivity contribution in [3.63, 3.8) is 0 Å². The molecule has 2 atom stereocenters. The predicted octanol–water partition coefficient (Wildman–Crippen LogP) is 2.73. The van der Waals surface area contributed by atoms with E-state index in [2.05, 4.69) is 5.32 Å². The minimum atomic E-state index is -4.50. The second-order valence-corrected chi connectivity index (χ2v) is 8.62. The Bertz CT molecular complexity index is 1130. The number of hydrogen-bond donors (Lipinski definition) is 5. The number of halogens is 4. The lowest BCUT2D eigenvalue weighted by atomic mass is 10.1. The van der Waals surface area contributed by atoms with Gasteiger partial charge >= 0.3 is 12.1 Å². The Balaban J connectivity index is 2.11. The Morgan fingerprint density at radius 1 is 1.11 bits per heavy atom. The molecule has 2 rings (SSSR count). The maximum Gasteiger partial charge on any atom is 0.416 e. The first kappa shape index (κ1) is 30.5. The van der Waals surface area contributed by atoms with Crippen LogP contribution in [0.15, 0.2) is 48.5 Å². The molecule has 0 radical (unpaired) electrons. The van der Waals surface area contributed by atoms with E-state index in [1.807, 2.05) is 0 Å². The number of aliphatic carboxylic acids is 1. The van der Waals surface area contributed by atoms with E-state index >= 15 is 0 Å². The third-order valence-electron chi connectivity index (χ3n) is 5.26. The first-order chi connectivity index (χ1) is 17.8. The number of benzene rings is 2. The molecule has 0 aliphatic carbocycles. The van der Waals surface area contributed by atoms with Gasteiger partial charge in [0.25, 0.3) is 0 Å². The van der Waals surface area contributed by atoms with Crippen LogP contribution in [0.25, 0.3) is 0 Å². The fourth-order valence-corrected chi connectivity index (χ4v) is 3.33. The van der Waals surface area contributed by atoms with Gasteiger partial charge in [0, 0.05) is 18.1 Å². The highest BCUT2D eigenvalue weighted by Gasteiger charge is 2.30. The van der Waals surface area contributed by atoms with Crippen LogP contribution in [0.4, 0.5) is 13.2 Å². The number of amides is 1. The van der Waals surface area contributed by atoms with E-state index in [-0.39, 0.29) is 31.7 Å². The Labute approximate surface area is 221 Å². The van der Waals surface area contributed by atoms with Crippen LogP contribution in [0.3, 0.4) is 0 Å². The van der Waals surface area contributed by atoms with E-state index < -0.39 is 54.0 Å². The maximum absolute atomic E-state index is 13.0. The summed E-state index contributed by atoms with van der Waals surface area (Å²) in [7, 11) is 0. The van der Waals surface area contributed by atoms with Gasteiger partial charge in [0.05, 0.1) is 12.0 Å². The summed E-state index contributed by atoms with van der Waals surface area (Å²) >= 11 is 5.87. The lowest BCUT2D eigenvalue weighted by Gasteiger charge is -2.23. The topological polar surface area (TPSA) is 172 Å². The molecule has 14 heteroatoms. The van der Waals surface area contributed by atoms with Gasteiger partial charge in [0.1, 0.15) is 11.8 Å². The number of alkyl halides is 3. The van der Waals surface area contributed by atoms with E-state index in [0.29, 0.717) is 10.6 Å². The zero-order valence-corrected chi connectivity index (χ0v) is 20.8. The van der Waals surface area contributed by atoms with Crippen molar-refractivity contribution in [2.45, 2.75) is 44.3 Å². The number of carbonyl (C=O) groups is 3. The summed E-state index contributed by atoms with van der Waals surface area (Å²) in [4.78, 5) is 37.4. The van der Waals surface area contributed by atoms with Crippen LogP contribution in [-0.4, -0.2) is 52.4 Å². The number of nitrogens with zero attached hydrogens (tertiary/aromatic N) is 1. The Morgan fingerprint density at radius 3 is 2.24 bits per heavy atom. The van der Waals surface area contributed by atoms with Crippen LogP contribution < -0.4 is 21.5 Å². The van der Waals surface area contributed by atoms with Gasteiger partial charge < -0.3 is 21.3 Å². The molecule has 0 heterocycles. The summed E-state index contributed by atoms with van der Waals surface area (Å²) in [5.41, 5.74) is 10.5. The molecule has 7 N–H and O–H groups in total. The predicted molar refractivity (Wildman–Crippen MR) is 132 cm³/mol. The van der Waals surface area contributed by atoms with Gasteiger partial charge in [-0.2, -0.15) is 13.2 Å². The summed E-state index contributed by atoms with van der Waals surface area (Å²) in [5, 5.41) is 19.7. The van der Waals surface area contributed by atoms with Gasteiger partial charge in [-0.15, -0.1) is 0 Å². The van der Waals surface area contributed by atoms with Gasteiger partial charge in [0.15, 0.2) is 11.7 Å². The van der Waals surface area contributed by atoms with Crippen molar-refractivity contribution < 1.29 is 37.4 Å². The van der Waals surface area contributed by atoms with Gasteiger partial charge in [-0.3, -0.25) is 30.0 Å². The average Bonchev–Trinajstić information content (AvgIpc) is 2.84. The number of nitrogens with two attached hydrogens (primary N) is 2. The standard InChI is InChI=1S/C24H27ClF3N5O5/c25-16-7-9-17(10-8-16)38-21(32-13-14-3-5-15(6-4-14)24(26,27)28)19(34)12-20(35)33(23(30)31)11-1-2-18(29)22(36)37/h3-10,18,21,32H,1-2,11-13,29H2,(H3,30,31)(H,36,37). The zero-order valence-electron chi connectivity index (χ0n) is 20.0. The molecule has 0 saturated carbocycles. The van der Waals surface area contributed by atoms with Crippen molar-refractivity contribution in [2.75, 3.05) is 6.54 Å². The molecule has 2 aromatic carbocycles. The molecule has 1 amide bonds. The van der Waals surface area contributed by atoms with Crippen molar-refractivity contribution in [3.8, 4) is 5.75 Å². The van der Waals surface area contributed by atoms with Crippen molar-refractivity contribution in [1.82, 2.24) is 10.2 Å². The van der Waals surface area contributed by atoms with E-state index in [0.717, 1.165) is 17.0 Å². The Kier molecular flexibility index (Phi) is 11.0. The van der Waals surface area contributed by atoms with E-state index in [4.69, 9.17) is 38.3 Å². The quantitative estimate of drug-likeness (QED) is 0.108. The zero-order chi connectivity index (χ0) is 28.5. The maximum atomic E-state index is 13.0. The van der Waals surface area contributed by atoms with Gasteiger partial charge in [0.2, 0.25) is 12.1 Å². The Morgan fingerprint density at radius 2 is 1.71 bits per heavy atom. The van der Waals surface area contributed by atoms with Crippen LogP contribution in [0.5, 0.6) is 5.75 Å². The second kappa shape index (κ2) is 13.7.